The van der Waals surface area contributed by atoms with Crippen molar-refractivity contribution in [2.24, 2.45) is 0 Å². The van der Waals surface area contributed by atoms with Gasteiger partial charge in [0.15, 0.2) is 0 Å². The summed E-state index contributed by atoms with van der Waals surface area (Å²) in [5.74, 6) is 4.49. The Hall–Kier alpha value is -8.27. The average molecular weight is 1640 g/mol. The number of phenols is 4. The molecule has 6 aliphatic rings. The van der Waals surface area contributed by atoms with Crippen LogP contribution in [0.2, 0.25) is 0 Å². The van der Waals surface area contributed by atoms with Crippen molar-refractivity contribution in [2.45, 2.75) is 190 Å². The number of nitro groups is 2. The Kier molecular flexibility index (Phi) is 38.5. The Morgan fingerprint density at radius 2 is 0.835 bits per heavy atom. The first kappa shape index (κ1) is 85.4. The maximum Gasteiger partial charge on any atom is 0.513 e. The highest BCUT2D eigenvalue weighted by Gasteiger charge is 2.29. The number of nitriles is 2. The predicted molar refractivity (Wildman–Crippen MR) is 402 cm³/mol. The summed E-state index contributed by atoms with van der Waals surface area (Å²) in [4.78, 5) is 52.3. The molecule has 0 heterocycles. The number of nitro benzene ring substituents is 2. The molecule has 0 unspecified atom stereocenters. The fourth-order valence-electron chi connectivity index (χ4n) is 13.6. The predicted octanol–water partition coefficient (Wildman–Crippen LogP) is 21.8. The second kappa shape index (κ2) is 46.4. The van der Waals surface area contributed by atoms with Crippen molar-refractivity contribution < 1.29 is 79.2 Å². The number of alkyl halides is 1. The number of aliphatic hydroxyl groups is 1. The number of hydrogen-bond donors (Lipinski definition) is 6. The lowest BCUT2D eigenvalue weighted by Crippen LogP contribution is -2.10. The summed E-state index contributed by atoms with van der Waals surface area (Å²) in [6, 6.07) is 31.7. The Bertz CT molecular complexity index is 3830. The first-order chi connectivity index (χ1) is 49.9. The van der Waals surface area contributed by atoms with Gasteiger partial charge in [-0.3, -0.25) is 24.6 Å². The van der Waals surface area contributed by atoms with Gasteiger partial charge < -0.3 is 55.0 Å². The van der Waals surface area contributed by atoms with E-state index in [1.807, 2.05) is 54.6 Å². The number of aromatic hydroxyl groups is 4. The number of aliphatic hydroxyl groups excluding tert-OH is 1. The zero-order chi connectivity index (χ0) is 76.8. The van der Waals surface area contributed by atoms with Gasteiger partial charge in [-0.2, -0.15) is 10.5 Å². The highest BCUT2D eigenvalue weighted by Crippen LogP contribution is 2.46. The SMILES string of the molecule is CO.COC(=O)Cl.COC(=O)Oc1cc([N+](=O)[O-])c(Br)cc1C1CCCC1.COC(=O)Oc1ccc(Br)cc1C1CCCC1.N#Cc1cc(C2CCCC2)c(O)cc1N.N#Cc1cc(C2CCCC2)c(O)cc1[N+](=O)[O-].Oc1ccc(Br)cc1C1CCCC1.Oc1ccccc1C1CCCC1.[2H]CF. The fourth-order valence-corrected chi connectivity index (χ4v) is 14.9. The fraction of sp³-hybridized carbons (Fsp3) is 0.461. The van der Waals surface area contributed by atoms with Crippen LogP contribution in [0.3, 0.4) is 0 Å². The average Bonchev–Trinajstić information content (AvgIpc) is 1.34. The minimum absolute atomic E-state index is 0.0229. The molecule has 27 heteroatoms. The Balaban J connectivity index is 0.000000259. The number of anilines is 1. The molecular weight excluding hydrogens is 1550 g/mol. The zero-order valence-corrected chi connectivity index (χ0v) is 63.8. The molecule has 0 spiro atoms. The number of rotatable bonds is 10. The van der Waals surface area contributed by atoms with Crippen LogP contribution in [0.15, 0.2) is 110 Å². The Labute approximate surface area is 632 Å². The largest absolute Gasteiger partial charge is 0.513 e. The van der Waals surface area contributed by atoms with Gasteiger partial charge in [-0.05, 0) is 223 Å². The lowest BCUT2D eigenvalue weighted by Gasteiger charge is -2.15. The number of benzene rings is 6. The molecule has 0 atom stereocenters. The molecule has 7 N–H and O–H groups in total. The molecule has 0 saturated heterocycles. The van der Waals surface area contributed by atoms with Gasteiger partial charge in [0.1, 0.15) is 52.2 Å². The van der Waals surface area contributed by atoms with Crippen LogP contribution in [0.4, 0.5) is 35.8 Å². The van der Waals surface area contributed by atoms with Crippen LogP contribution in [-0.4, -0.2) is 88.7 Å². The Morgan fingerprint density at radius 3 is 1.23 bits per heavy atom. The van der Waals surface area contributed by atoms with E-state index in [1.54, 1.807) is 24.3 Å². The smallest absolute Gasteiger partial charge is 0.508 e. The number of phenolic OH excluding ortho intramolecular Hbond substituents is 4. The number of carbonyl (C=O) groups excluding carboxylic acids is 3. The maximum absolute atomic E-state index is 11.3. The van der Waals surface area contributed by atoms with Crippen molar-refractivity contribution in [3.63, 3.8) is 0 Å². The summed E-state index contributed by atoms with van der Waals surface area (Å²) < 4.78 is 41.1. The van der Waals surface area contributed by atoms with E-state index in [1.165, 1.54) is 117 Å². The first-order valence-corrected chi connectivity index (χ1v) is 36.7. The van der Waals surface area contributed by atoms with Crippen LogP contribution in [-0.2, 0) is 14.2 Å². The summed E-state index contributed by atoms with van der Waals surface area (Å²) in [6.45, 7) is 0. The van der Waals surface area contributed by atoms with Gasteiger partial charge in [-0.1, -0.05) is 127 Å². The second-order valence-electron chi connectivity index (χ2n) is 24.9. The molecule has 0 bridgehead atoms. The van der Waals surface area contributed by atoms with E-state index in [2.05, 4.69) is 79.7 Å². The summed E-state index contributed by atoms with van der Waals surface area (Å²) in [6.07, 6.45) is 26.4. The standard InChI is InChI=1S/C13H14BrNO5.C13H15BrO3.C12H12N2O3.C12H14N2O.C11H13BrO.C11H14O.C2H3ClO2.CH3F.CH4O/c1-19-13(16)20-12-7-11(15(17)18)10(14)6-9(12)8-4-2-3-5-8;1-16-13(15)17-12-7-6-10(14)8-11(12)9-4-2-3-5-9;13-7-9-5-10(8-3-1-2-4-8)12(15)6-11(9)14(16)17;13-7-9-5-10(8-3-1-2-4-8)12(15)6-11(9)14;12-9-5-6-11(13)10(7-9)8-3-1-2-4-8;12-11-8-4-3-7-10(11)9-5-1-2-6-9;1-5-2(3)4;2*1-2/h6-8H,2-5H2,1H3;6-9H,2-5H2,1H3;5-6,8,15H,1-4H2;5-6,8,15H,1-4,14H2;5-8,13H,1-4H2;3-4,7-9,12H,1-2,5-6H2;1H3;1H3;2H,1H3/i;;;;;;;1D;. The number of methoxy groups -OCH3 is 3. The molecule has 6 aromatic rings. The third kappa shape index (κ3) is 27.7. The minimum Gasteiger partial charge on any atom is -0.508 e. The normalized spacial score (nSPS) is 15.5. The number of para-hydroxylation sites is 1. The van der Waals surface area contributed by atoms with E-state index in [0.29, 0.717) is 62.2 Å². The van der Waals surface area contributed by atoms with Crippen LogP contribution in [0, 0.1) is 42.9 Å². The zero-order valence-electron chi connectivity index (χ0n) is 59.3. The van der Waals surface area contributed by atoms with Gasteiger partial charge in [0.05, 0.1) is 67.6 Å². The molecule has 103 heavy (non-hydrogen) atoms. The van der Waals surface area contributed by atoms with Gasteiger partial charge in [-0.25, -0.2) is 14.4 Å². The lowest BCUT2D eigenvalue weighted by molar-refractivity contribution is -0.385. The molecule has 0 radical (unpaired) electrons. The summed E-state index contributed by atoms with van der Waals surface area (Å²) in [5.41, 5.74) is 11.0. The van der Waals surface area contributed by atoms with Crippen LogP contribution in [0.5, 0.6) is 34.5 Å². The van der Waals surface area contributed by atoms with E-state index in [9.17, 15) is 59.4 Å². The summed E-state index contributed by atoms with van der Waals surface area (Å²) in [7, 11) is 3.73. The lowest BCUT2D eigenvalue weighted by atomic mass is 9.94. The van der Waals surface area contributed by atoms with E-state index in [-0.39, 0.29) is 46.0 Å². The van der Waals surface area contributed by atoms with Crippen molar-refractivity contribution in [1.29, 1.82) is 10.5 Å². The topological polar surface area (TPSA) is 358 Å². The van der Waals surface area contributed by atoms with Gasteiger partial charge in [-0.15, -0.1) is 0 Å². The molecule has 6 saturated carbocycles. The van der Waals surface area contributed by atoms with Gasteiger partial charge in [0, 0.05) is 33.7 Å². The highest BCUT2D eigenvalue weighted by atomic mass is 79.9. The van der Waals surface area contributed by atoms with E-state index in [4.69, 9.17) is 32.2 Å². The number of nitrogen functional groups attached to an aromatic ring is 1. The number of nitrogens with zero attached hydrogens (tertiary/aromatic N) is 4. The van der Waals surface area contributed by atoms with Crippen molar-refractivity contribution in [3.05, 3.63) is 175 Å². The highest BCUT2D eigenvalue weighted by molar-refractivity contribution is 9.11. The molecule has 6 aliphatic carbocycles. The minimum atomic E-state index is -1.00. The van der Waals surface area contributed by atoms with Crippen LogP contribution in [0.1, 0.15) is 235 Å². The number of hydrogen-bond acceptors (Lipinski definition) is 20. The molecule has 0 aliphatic heterocycles. The summed E-state index contributed by atoms with van der Waals surface area (Å²) >= 11 is 14.7. The molecule has 22 nitrogen and oxygen atoms in total. The number of ether oxygens (including phenoxy) is 5. The molecule has 12 rings (SSSR count). The maximum atomic E-state index is 11.3. The second-order valence-corrected chi connectivity index (χ2v) is 27.9. The van der Waals surface area contributed by atoms with Crippen LogP contribution >= 0.6 is 59.4 Å². The van der Waals surface area contributed by atoms with Crippen molar-refractivity contribution >= 4 is 94.2 Å². The van der Waals surface area contributed by atoms with Crippen molar-refractivity contribution in [3.8, 4) is 46.6 Å². The Morgan fingerprint density at radius 1 is 0.495 bits per heavy atom. The number of halogens is 5. The number of nitrogens with two attached hydrogens (primary N) is 1. The molecule has 558 valence electrons. The van der Waals surface area contributed by atoms with E-state index < -0.39 is 34.7 Å². The number of carbonyl (C=O) groups is 3. The van der Waals surface area contributed by atoms with Gasteiger partial charge in [0.25, 0.3) is 11.4 Å². The third-order valence-corrected chi connectivity index (χ3v) is 20.4. The van der Waals surface area contributed by atoms with Crippen molar-refractivity contribution in [1.82, 2.24) is 0 Å². The van der Waals surface area contributed by atoms with E-state index in [0.717, 1.165) is 127 Å². The van der Waals surface area contributed by atoms with Gasteiger partial charge in [0.2, 0.25) is 0 Å². The quantitative estimate of drug-likeness (QED) is 0.0141. The third-order valence-electron chi connectivity index (χ3n) is 18.6. The van der Waals surface area contributed by atoms with Crippen LogP contribution in [0.25, 0.3) is 0 Å². The summed E-state index contributed by atoms with van der Waals surface area (Å²) in [5, 5.41) is 85.3. The van der Waals surface area contributed by atoms with Gasteiger partial charge >= 0.3 is 17.7 Å². The molecule has 0 amide bonds. The molecule has 6 fully saturated rings. The van der Waals surface area contributed by atoms with Crippen molar-refractivity contribution in [2.75, 3.05) is 41.3 Å². The van der Waals surface area contributed by atoms with Crippen LogP contribution < -0.4 is 15.2 Å². The molecular formula is C76H92Br3ClFN5O17. The molecule has 6 aromatic carbocycles. The monoisotopic (exact) mass is 1640 g/mol. The first-order valence-electron chi connectivity index (χ1n) is 34.6. The molecule has 0 aromatic heterocycles. The van der Waals surface area contributed by atoms with E-state index >= 15 is 0 Å².